The summed E-state index contributed by atoms with van der Waals surface area (Å²) in [5.41, 5.74) is 3.71. The maximum atomic E-state index is 12.7. The van der Waals surface area contributed by atoms with Crippen LogP contribution in [0.5, 0.6) is 0 Å². The van der Waals surface area contributed by atoms with Crippen LogP contribution in [0.4, 0.5) is 5.69 Å². The zero-order chi connectivity index (χ0) is 14.0. The minimum absolute atomic E-state index is 0.00449. The lowest BCUT2D eigenvalue weighted by atomic mass is 9.96. The third-order valence-corrected chi connectivity index (χ3v) is 4.03. The number of hydrazine groups is 1. The van der Waals surface area contributed by atoms with Gasteiger partial charge in [-0.2, -0.15) is 0 Å². The zero-order valence-electron chi connectivity index (χ0n) is 11.3. The summed E-state index contributed by atoms with van der Waals surface area (Å²) in [6.45, 7) is 4.18. The second-order valence-corrected chi connectivity index (χ2v) is 5.61. The molecule has 3 N–H and O–H groups in total. The second-order valence-electron chi connectivity index (χ2n) is 5.18. The van der Waals surface area contributed by atoms with E-state index >= 15 is 0 Å². The lowest BCUT2D eigenvalue weighted by Crippen LogP contribution is -2.47. The summed E-state index contributed by atoms with van der Waals surface area (Å²) in [6.07, 6.45) is 3.26. The molecule has 0 aliphatic carbocycles. The normalized spacial score (nSPS) is 23.3. The van der Waals surface area contributed by atoms with Crippen molar-refractivity contribution in [1.82, 2.24) is 4.90 Å². The Kier molecular flexibility index (Phi) is 4.32. The molecule has 19 heavy (non-hydrogen) atoms. The maximum absolute atomic E-state index is 12.7. The molecule has 4 nitrogen and oxygen atoms in total. The maximum Gasteiger partial charge on any atom is 0.256 e. The fourth-order valence-corrected chi connectivity index (χ4v) is 2.95. The molecule has 0 bridgehead atoms. The van der Waals surface area contributed by atoms with Gasteiger partial charge in [-0.05, 0) is 51.3 Å². The summed E-state index contributed by atoms with van der Waals surface area (Å²) >= 11 is 5.99. The van der Waals surface area contributed by atoms with Crippen molar-refractivity contribution < 1.29 is 4.79 Å². The van der Waals surface area contributed by atoms with E-state index in [1.54, 1.807) is 18.2 Å². The minimum Gasteiger partial charge on any atom is -0.333 e. The molecule has 1 heterocycles. The molecule has 2 atom stereocenters. The standard InChI is InChI=1S/C14H20ClN3O/c1-9-4-3-5-10(2)18(9)14(19)12-8-11(15)6-7-13(12)17-16/h6-10,17H,3-5,16H2,1-2H3. The number of likely N-dealkylation sites (tertiary alicyclic amines) is 1. The average Bonchev–Trinajstić information content (AvgIpc) is 2.38. The highest BCUT2D eigenvalue weighted by molar-refractivity contribution is 6.31. The Morgan fingerprint density at radius 1 is 1.37 bits per heavy atom. The third kappa shape index (κ3) is 2.85. The molecule has 0 aromatic heterocycles. The van der Waals surface area contributed by atoms with Gasteiger partial charge in [0, 0.05) is 17.1 Å². The van der Waals surface area contributed by atoms with Gasteiger partial charge in [0.05, 0.1) is 11.3 Å². The number of nitrogens with zero attached hydrogens (tertiary/aromatic N) is 1. The molecular weight excluding hydrogens is 262 g/mol. The number of anilines is 1. The lowest BCUT2D eigenvalue weighted by Gasteiger charge is -2.39. The molecule has 0 radical (unpaired) electrons. The molecule has 1 aromatic rings. The highest BCUT2D eigenvalue weighted by Crippen LogP contribution is 2.28. The van der Waals surface area contributed by atoms with Gasteiger partial charge in [-0.25, -0.2) is 0 Å². The van der Waals surface area contributed by atoms with E-state index in [0.29, 0.717) is 16.3 Å². The van der Waals surface area contributed by atoms with E-state index in [1.165, 1.54) is 6.42 Å². The monoisotopic (exact) mass is 281 g/mol. The number of carbonyl (C=O) groups is 1. The highest BCUT2D eigenvalue weighted by Gasteiger charge is 2.30. The molecule has 1 fully saturated rings. The number of amides is 1. The molecule has 1 aromatic carbocycles. The van der Waals surface area contributed by atoms with E-state index in [-0.39, 0.29) is 18.0 Å². The van der Waals surface area contributed by atoms with Crippen molar-refractivity contribution in [2.75, 3.05) is 5.43 Å². The number of carbonyl (C=O) groups excluding carboxylic acids is 1. The number of hydrogen-bond acceptors (Lipinski definition) is 3. The number of hydrogen-bond donors (Lipinski definition) is 2. The number of piperidine rings is 1. The summed E-state index contributed by atoms with van der Waals surface area (Å²) in [5, 5.41) is 0.541. The van der Waals surface area contributed by atoms with E-state index in [2.05, 4.69) is 19.3 Å². The molecule has 1 saturated heterocycles. The van der Waals surface area contributed by atoms with Crippen molar-refractivity contribution in [2.24, 2.45) is 5.84 Å². The molecule has 0 spiro atoms. The predicted molar refractivity (Wildman–Crippen MR) is 78.2 cm³/mol. The molecule has 1 amide bonds. The zero-order valence-corrected chi connectivity index (χ0v) is 12.1. The second kappa shape index (κ2) is 5.80. The van der Waals surface area contributed by atoms with Crippen LogP contribution in [0.15, 0.2) is 18.2 Å². The van der Waals surface area contributed by atoms with E-state index in [0.717, 1.165) is 12.8 Å². The Balaban J connectivity index is 2.35. The number of benzene rings is 1. The van der Waals surface area contributed by atoms with Gasteiger partial charge in [-0.15, -0.1) is 0 Å². The number of nitrogens with one attached hydrogen (secondary N) is 1. The Labute approximate surface area is 118 Å². The molecule has 1 aliphatic rings. The van der Waals surface area contributed by atoms with Crippen molar-refractivity contribution in [3.63, 3.8) is 0 Å². The van der Waals surface area contributed by atoms with Gasteiger partial charge in [0.25, 0.3) is 5.91 Å². The Morgan fingerprint density at radius 2 is 2.00 bits per heavy atom. The van der Waals surface area contributed by atoms with Gasteiger partial charge in [-0.3, -0.25) is 10.6 Å². The molecular formula is C14H20ClN3O. The first-order valence-corrected chi connectivity index (χ1v) is 7.01. The quantitative estimate of drug-likeness (QED) is 0.647. The van der Waals surface area contributed by atoms with Crippen LogP contribution in [0.25, 0.3) is 0 Å². The van der Waals surface area contributed by atoms with Gasteiger partial charge in [0.2, 0.25) is 0 Å². The van der Waals surface area contributed by atoms with Crippen LogP contribution >= 0.6 is 11.6 Å². The van der Waals surface area contributed by atoms with Crippen LogP contribution in [0.1, 0.15) is 43.5 Å². The Hall–Kier alpha value is -1.26. The fourth-order valence-electron chi connectivity index (χ4n) is 2.78. The van der Waals surface area contributed by atoms with Gasteiger partial charge in [0.1, 0.15) is 0 Å². The van der Waals surface area contributed by atoms with Gasteiger partial charge in [-0.1, -0.05) is 11.6 Å². The minimum atomic E-state index is -0.00449. The van der Waals surface area contributed by atoms with Crippen molar-refractivity contribution in [2.45, 2.75) is 45.2 Å². The molecule has 2 unspecified atom stereocenters. The van der Waals surface area contributed by atoms with E-state index in [4.69, 9.17) is 17.4 Å². The van der Waals surface area contributed by atoms with Crippen LogP contribution in [-0.4, -0.2) is 22.9 Å². The topological polar surface area (TPSA) is 58.4 Å². The first-order chi connectivity index (χ1) is 9.04. The third-order valence-electron chi connectivity index (χ3n) is 3.80. The summed E-state index contributed by atoms with van der Waals surface area (Å²) in [5.74, 6) is 5.47. The number of rotatable bonds is 2. The lowest BCUT2D eigenvalue weighted by molar-refractivity contribution is 0.0512. The number of nitrogen functional groups attached to an aromatic ring is 1. The van der Waals surface area contributed by atoms with Gasteiger partial charge in [0.15, 0.2) is 0 Å². The first kappa shape index (κ1) is 14.2. The number of nitrogens with two attached hydrogens (primary N) is 1. The van der Waals surface area contributed by atoms with Gasteiger partial charge >= 0.3 is 0 Å². The summed E-state index contributed by atoms with van der Waals surface area (Å²) in [6, 6.07) is 5.63. The Morgan fingerprint density at radius 3 is 2.58 bits per heavy atom. The van der Waals surface area contributed by atoms with Crippen LogP contribution in [0.3, 0.4) is 0 Å². The van der Waals surface area contributed by atoms with E-state index in [9.17, 15) is 4.79 Å². The molecule has 0 saturated carbocycles. The molecule has 104 valence electrons. The SMILES string of the molecule is CC1CCCC(C)N1C(=O)c1cc(Cl)ccc1NN. The smallest absolute Gasteiger partial charge is 0.256 e. The van der Waals surface area contributed by atoms with Crippen LogP contribution < -0.4 is 11.3 Å². The largest absolute Gasteiger partial charge is 0.333 e. The predicted octanol–water partition coefficient (Wildman–Crippen LogP) is 3.03. The van der Waals surface area contributed by atoms with Crippen molar-refractivity contribution in [1.29, 1.82) is 0 Å². The number of halogens is 1. The van der Waals surface area contributed by atoms with E-state index < -0.39 is 0 Å². The van der Waals surface area contributed by atoms with E-state index in [1.807, 2.05) is 4.90 Å². The summed E-state index contributed by atoms with van der Waals surface area (Å²) in [7, 11) is 0. The molecule has 2 rings (SSSR count). The summed E-state index contributed by atoms with van der Waals surface area (Å²) in [4.78, 5) is 14.7. The first-order valence-electron chi connectivity index (χ1n) is 6.63. The molecule has 1 aliphatic heterocycles. The summed E-state index contributed by atoms with van der Waals surface area (Å²) < 4.78 is 0. The van der Waals surface area contributed by atoms with Crippen molar-refractivity contribution >= 4 is 23.2 Å². The van der Waals surface area contributed by atoms with Gasteiger partial charge < -0.3 is 10.3 Å². The van der Waals surface area contributed by atoms with Crippen LogP contribution in [0, 0.1) is 0 Å². The van der Waals surface area contributed by atoms with Crippen molar-refractivity contribution in [3.8, 4) is 0 Å². The van der Waals surface area contributed by atoms with Crippen LogP contribution in [-0.2, 0) is 0 Å². The average molecular weight is 282 g/mol. The Bertz CT molecular complexity index is 468. The van der Waals surface area contributed by atoms with Crippen LogP contribution in [0.2, 0.25) is 5.02 Å². The highest BCUT2D eigenvalue weighted by atomic mass is 35.5. The van der Waals surface area contributed by atoms with Crippen molar-refractivity contribution in [3.05, 3.63) is 28.8 Å². The molecule has 5 heteroatoms. The fraction of sp³-hybridized carbons (Fsp3) is 0.500.